The molecule has 434 valence electrons. The predicted molar refractivity (Wildman–Crippen MR) is 298 cm³/mol. The molecule has 4 aromatic carbocycles. The molecular formula is C38H59Cl6IN9Na3O21. The fourth-order valence-electron chi connectivity index (χ4n) is 3.39. The van der Waals surface area contributed by atoms with Crippen LogP contribution >= 0.6 is 93.8 Å². The third kappa shape index (κ3) is 57.3. The molecule has 0 amide bonds. The van der Waals surface area contributed by atoms with Crippen molar-refractivity contribution in [2.75, 3.05) is 31.9 Å². The number of benzene rings is 4. The van der Waals surface area contributed by atoms with Crippen LogP contribution in [0.2, 0.25) is 20.1 Å². The van der Waals surface area contributed by atoms with Crippen LogP contribution in [0, 0.1) is 30.3 Å². The van der Waals surface area contributed by atoms with Crippen molar-refractivity contribution in [1.82, 2.24) is 5.48 Å². The summed E-state index contributed by atoms with van der Waals surface area (Å²) in [5, 5.41) is 85.2. The molecule has 4 aromatic rings. The van der Waals surface area contributed by atoms with Gasteiger partial charge in [0.2, 0.25) is 0 Å². The second-order valence-corrected chi connectivity index (χ2v) is 11.2. The van der Waals surface area contributed by atoms with Gasteiger partial charge in [0.05, 0.1) is 64.6 Å². The van der Waals surface area contributed by atoms with Crippen LogP contribution in [0.4, 0.5) is 22.7 Å². The number of nitrogens with zero attached hydrogens (tertiary/aromatic N) is 6. The summed E-state index contributed by atoms with van der Waals surface area (Å²) in [5.41, 5.74) is 8.35. The molecule has 4 rings (SSSR count). The van der Waals surface area contributed by atoms with Crippen molar-refractivity contribution >= 4 is 161 Å². The van der Waals surface area contributed by atoms with E-state index in [0.717, 1.165) is 6.21 Å². The van der Waals surface area contributed by atoms with E-state index < -0.39 is 14.8 Å². The van der Waals surface area contributed by atoms with Gasteiger partial charge in [-0.2, -0.15) is 0 Å². The Balaban J connectivity index is -0.0000000391. The number of carbonyl (C=O) groups excluding carboxylic acids is 4. The molecule has 0 aliphatic rings. The number of anilines is 1. The van der Waals surface area contributed by atoms with Crippen LogP contribution < -0.4 is 106 Å². The number of nitro groups is 3. The Morgan fingerprint density at radius 1 is 0.577 bits per heavy atom. The van der Waals surface area contributed by atoms with E-state index in [4.69, 9.17) is 97.9 Å². The van der Waals surface area contributed by atoms with Crippen molar-refractivity contribution in [3.63, 3.8) is 0 Å². The van der Waals surface area contributed by atoms with E-state index in [1.165, 1.54) is 82.2 Å². The number of hydrogen-bond acceptors (Lipinski definition) is 27. The van der Waals surface area contributed by atoms with Gasteiger partial charge in [0.25, 0.3) is 17.1 Å². The summed E-state index contributed by atoms with van der Waals surface area (Å²) >= 11 is 24.9. The number of alkyl halides is 1. The van der Waals surface area contributed by atoms with E-state index in [1.54, 1.807) is 29.7 Å². The average Bonchev–Trinajstić information content (AvgIpc) is 3.36. The van der Waals surface area contributed by atoms with Crippen molar-refractivity contribution in [2.24, 2.45) is 21.4 Å². The molecule has 0 radical (unpaired) electrons. The first-order valence-electron chi connectivity index (χ1n) is 16.7. The van der Waals surface area contributed by atoms with E-state index in [-0.39, 0.29) is 208 Å². The zero-order valence-electron chi connectivity index (χ0n) is 42.8. The first-order valence-corrected chi connectivity index (χ1v) is 20.3. The fraction of sp³-hybridized carbons (Fsp3) is 0.184. The minimum absolute atomic E-state index is 0. The van der Waals surface area contributed by atoms with Gasteiger partial charge in [-0.15, -0.1) is 24.8 Å². The summed E-state index contributed by atoms with van der Waals surface area (Å²) in [7, 11) is 4.24. The Kier molecular flexibility index (Phi) is 113. The first kappa shape index (κ1) is 110. The third-order valence-electron chi connectivity index (χ3n) is 5.77. The van der Waals surface area contributed by atoms with Gasteiger partial charge < -0.3 is 50.0 Å². The quantitative estimate of drug-likeness (QED) is 0.00823. The first-order chi connectivity index (χ1) is 33.4. The number of nitrogens with two attached hydrogens (primary N) is 2. The van der Waals surface area contributed by atoms with Gasteiger partial charge in [-0.1, -0.05) is 131 Å². The molecule has 0 saturated heterocycles. The summed E-state index contributed by atoms with van der Waals surface area (Å²) < 4.78 is 0. The third-order valence-corrected chi connectivity index (χ3v) is 7.09. The Morgan fingerprint density at radius 3 is 1.03 bits per heavy atom. The molecule has 0 aliphatic carbocycles. The van der Waals surface area contributed by atoms with Crippen LogP contribution in [0.3, 0.4) is 0 Å². The number of aldehydes is 1. The number of carbonyl (C=O) groups is 4. The van der Waals surface area contributed by atoms with Gasteiger partial charge in [-0.25, -0.2) is 27.1 Å². The second-order valence-electron chi connectivity index (χ2n) is 9.56. The minimum Gasteiger partial charge on any atom is -1.00 e. The number of nitro benzene ring substituents is 3. The van der Waals surface area contributed by atoms with Gasteiger partial charge in [-0.05, 0) is 35.3 Å². The second kappa shape index (κ2) is 80.0. The van der Waals surface area contributed by atoms with Crippen molar-refractivity contribution in [3.05, 3.63) is 145 Å². The van der Waals surface area contributed by atoms with Crippen LogP contribution in [0.1, 0.15) is 53.6 Å². The van der Waals surface area contributed by atoms with Crippen LogP contribution in [-0.2, 0) is 38.7 Å². The Bertz CT molecular complexity index is 2190. The smallest absolute Gasteiger partial charge is 1.00 e. The van der Waals surface area contributed by atoms with Crippen molar-refractivity contribution in [2.45, 2.75) is 22.3 Å². The number of hydroxylamine groups is 1. The van der Waals surface area contributed by atoms with E-state index >= 15 is 0 Å². The summed E-state index contributed by atoms with van der Waals surface area (Å²) in [6.45, 7) is -0.208. The normalized spacial score (nSPS) is 7.88. The zero-order valence-corrected chi connectivity index (χ0v) is 52.6. The molecule has 40 heteroatoms. The Hall–Kier alpha value is -3.44. The van der Waals surface area contributed by atoms with Gasteiger partial charge in [0.15, 0.2) is 6.29 Å². The van der Waals surface area contributed by atoms with E-state index in [9.17, 15) is 35.1 Å². The van der Waals surface area contributed by atoms with Crippen molar-refractivity contribution in [1.29, 1.82) is 0 Å². The molecule has 0 saturated carbocycles. The van der Waals surface area contributed by atoms with Gasteiger partial charge in [0.1, 0.15) is 19.8 Å². The maximum absolute atomic E-state index is 10.6. The number of oxime groups is 3. The average molecular weight is 1390 g/mol. The number of rotatable bonds is 12. The van der Waals surface area contributed by atoms with E-state index in [2.05, 4.69) is 68.3 Å². The molecule has 0 aromatic heterocycles. The van der Waals surface area contributed by atoms with E-state index in [0.29, 0.717) is 22.6 Å². The molecule has 78 heavy (non-hydrogen) atoms. The summed E-state index contributed by atoms with van der Waals surface area (Å²) in [6.07, 6.45) is 4.00. The summed E-state index contributed by atoms with van der Waals surface area (Å²) in [4.78, 5) is 85.5. The number of halogens is 7. The van der Waals surface area contributed by atoms with Crippen LogP contribution in [0.15, 0.2) is 88.3 Å². The van der Waals surface area contributed by atoms with Crippen molar-refractivity contribution < 1.29 is 183 Å². The fourth-order valence-corrected chi connectivity index (χ4v) is 4.27. The SMILES string of the molecule is C.C.C.CI.CNO.CO/N=C\c1c(Cl)cccc1[N+](=O)[O-].CO/N=C\c1c(N)cccc1Cl.Cl.Cl.NO.O=COO.O=COO.O=COO.O=Cc1c(Cl)cccc1[N+](=O)[O-].O=[N+]([O-])c1cccc(Cl)c1/C=N\O.[H-].[H-].[H-].[Na+].[Na+].[Na+]. The Morgan fingerprint density at radius 2 is 0.808 bits per heavy atom. The summed E-state index contributed by atoms with van der Waals surface area (Å²) in [6, 6.07) is 18.0. The minimum atomic E-state index is -0.643. The molecule has 30 nitrogen and oxygen atoms in total. The molecule has 0 unspecified atom stereocenters. The molecule has 0 fully saturated rings. The number of nitrogens with one attached hydrogen (secondary N) is 1. The van der Waals surface area contributed by atoms with Crippen LogP contribution in [-0.4, -0.2) is 117 Å². The zero-order chi connectivity index (χ0) is 55.5. The largest absolute Gasteiger partial charge is 1.00 e. The molecule has 11 N–H and O–H groups in total. The van der Waals surface area contributed by atoms with Crippen molar-refractivity contribution in [3.8, 4) is 0 Å². The van der Waals surface area contributed by atoms with Crippen LogP contribution in [0.25, 0.3) is 0 Å². The van der Waals surface area contributed by atoms with Gasteiger partial charge in [-0.3, -0.25) is 49.5 Å². The maximum Gasteiger partial charge on any atom is 1.00 e. The molecule has 0 spiro atoms. The number of nitrogen functional groups attached to an aromatic ring is 1. The van der Waals surface area contributed by atoms with Crippen LogP contribution in [0.5, 0.6) is 0 Å². The Labute approximate surface area is 564 Å². The molecular weight excluding hydrogens is 1330 g/mol. The topological polar surface area (TPSA) is 466 Å². The molecule has 0 atom stereocenters. The summed E-state index contributed by atoms with van der Waals surface area (Å²) in [5.74, 6) is 3.50. The standard InChI is InChI=1S/C8H7ClN2O3.C8H9ClN2O.C7H5ClN2O3.C7H4ClNO3.CH3I.CH5NO.3CH2O3.3CH4.2ClH.H3NO.3Na.3H/c1-14-10-5-6-7(9)3-2-4-8(6)11(12)13;1-12-11-5-6-7(9)3-2-4-8(6)10;8-6-2-1-3-7(10(12)13)5(6)4-9-11;8-6-2-1-3-7(9(11)12)5(6)4-10;1-2;1-2-3;3*2-1-4-3;;;;;;1-2;;;;;;/h2-5H,1H3;2-5H,10H2,1H3;1-4,11H;1-4H;1H3;2-3H,1H3;3*1,3H;3*1H4;2*1H;2H,1H2;;;;;;/q;;;;;;;;;;;;;;;3*+1;3*-1/b10-5-;11-5-;9-4-;;;;;;;;;;;;;;;;;;. The van der Waals surface area contributed by atoms with Gasteiger partial charge in [0, 0.05) is 36.5 Å². The number of hydrogen-bond donors (Lipinski definition) is 9. The monoisotopic (exact) mass is 1380 g/mol. The molecule has 0 aliphatic heterocycles. The molecule has 0 bridgehead atoms. The molecule has 0 heterocycles. The van der Waals surface area contributed by atoms with E-state index in [1.807, 2.05) is 4.93 Å². The van der Waals surface area contributed by atoms with Gasteiger partial charge >= 0.3 is 108 Å². The predicted octanol–water partition coefficient (Wildman–Crippen LogP) is 1.23. The maximum atomic E-state index is 10.6.